The van der Waals surface area contributed by atoms with E-state index in [2.05, 4.69) is 187 Å². The van der Waals surface area contributed by atoms with Gasteiger partial charge in [-0.2, -0.15) is 5.26 Å². The van der Waals surface area contributed by atoms with Crippen molar-refractivity contribution in [1.82, 2.24) is 8.80 Å². The van der Waals surface area contributed by atoms with Crippen LogP contribution in [-0.2, 0) is 10.8 Å². The van der Waals surface area contributed by atoms with Gasteiger partial charge >= 0.3 is 0 Å². The number of nitriles is 1. The Labute approximate surface area is 451 Å². The Bertz CT molecular complexity index is 4930. The molecule has 10 aliphatic carbocycles. The third-order valence-corrected chi connectivity index (χ3v) is 22.0. The fraction of sp³-hybridized carbons (Fsp3) is 0.243. The molecule has 4 nitrogen and oxygen atoms in total. The first-order valence-electron chi connectivity index (χ1n) is 29.0. The van der Waals surface area contributed by atoms with E-state index in [1.807, 2.05) is 0 Å². The van der Waals surface area contributed by atoms with Gasteiger partial charge < -0.3 is 8.80 Å². The number of hydrogen-bond acceptors (Lipinski definition) is 2. The van der Waals surface area contributed by atoms with Crippen molar-refractivity contribution < 1.29 is 4.79 Å². The second-order valence-electron chi connectivity index (χ2n) is 26.7. The summed E-state index contributed by atoms with van der Waals surface area (Å²) in [4.78, 5) is 15.5. The summed E-state index contributed by atoms with van der Waals surface area (Å²) < 4.78 is 5.14. The molecule has 0 atom stereocenters. The van der Waals surface area contributed by atoms with Crippen LogP contribution in [0.2, 0.25) is 0 Å². The lowest BCUT2D eigenvalue weighted by Crippen LogP contribution is -2.48. The van der Waals surface area contributed by atoms with Gasteiger partial charge in [0.05, 0.1) is 50.7 Å². The van der Waals surface area contributed by atoms with E-state index < -0.39 is 0 Å². The predicted octanol–water partition coefficient (Wildman–Crippen LogP) is 17.4. The van der Waals surface area contributed by atoms with E-state index in [1.54, 1.807) is 5.56 Å². The van der Waals surface area contributed by atoms with Crippen LogP contribution in [0.5, 0.6) is 0 Å². The molecule has 78 heavy (non-hydrogen) atoms. The van der Waals surface area contributed by atoms with E-state index >= 15 is 4.79 Å². The lowest BCUT2D eigenvalue weighted by molar-refractivity contribution is -0.00508. The second kappa shape index (κ2) is 13.5. The fourth-order valence-corrected chi connectivity index (χ4v) is 19.4. The molecule has 4 heterocycles. The highest BCUT2D eigenvalue weighted by atomic mass is 16.1. The Kier molecular flexibility index (Phi) is 7.25. The van der Waals surface area contributed by atoms with Gasteiger partial charge in [-0.25, -0.2) is 0 Å². The number of carbonyl (C=O) groups is 1. The van der Waals surface area contributed by atoms with Crippen LogP contribution in [0.3, 0.4) is 0 Å². The molecule has 9 aromatic carbocycles. The standard InChI is InChI=1S/C74H53N3O/c1-73(2,3)40-24-54-50-28-53-57(72(78)67-48-18-10-4-12-42(48)64(53)43-13-5-11-19-49(43)67)31-61(50)76-59-29-52-56-26-41(74-32-36-20-37(33-74)22-38(21-36)34-74)27-58-68-62(77(71(56)58)60(52)30-51(59)55(25-40)70(54)76)23-39(35-75)63-65-44-14-6-8-16-46(44)66(69(63)68)47-17-9-7-15-45(47)65/h4-19,23-31,36-38,64-67H,20-22,32-34H2,1-3H3. The third-order valence-electron chi connectivity index (χ3n) is 22.0. The molecule has 8 bridgehead atoms. The molecule has 4 aromatic heterocycles. The Morgan fingerprint density at radius 2 is 0.897 bits per heavy atom. The number of hydrogen-bond donors (Lipinski definition) is 0. The van der Waals surface area contributed by atoms with Gasteiger partial charge in [0.25, 0.3) is 0 Å². The zero-order valence-corrected chi connectivity index (χ0v) is 44.0. The molecule has 0 aliphatic heterocycles. The summed E-state index contributed by atoms with van der Waals surface area (Å²) in [6.45, 7) is 7.02. The maximum Gasteiger partial charge on any atom is 0.175 e. The van der Waals surface area contributed by atoms with E-state index in [1.165, 1.54) is 154 Å². The fourth-order valence-electron chi connectivity index (χ4n) is 19.4. The van der Waals surface area contributed by atoms with Gasteiger partial charge in [-0.15, -0.1) is 0 Å². The van der Waals surface area contributed by atoms with Gasteiger partial charge in [0, 0.05) is 66.4 Å². The zero-order chi connectivity index (χ0) is 51.1. The molecule has 0 radical (unpaired) electrons. The van der Waals surface area contributed by atoms with E-state index in [0.717, 1.165) is 56.6 Å². The topological polar surface area (TPSA) is 49.7 Å². The highest BCUT2D eigenvalue weighted by Gasteiger charge is 2.52. The normalized spacial score (nSPS) is 25.0. The van der Waals surface area contributed by atoms with Gasteiger partial charge in [-0.05, 0) is 194 Å². The number of Topliss-reactive ketones (excluding diaryl/α,β-unsaturated/α-hetero) is 1. The summed E-state index contributed by atoms with van der Waals surface area (Å²) in [6.07, 6.45) is 8.09. The Balaban J connectivity index is 0.931. The molecule has 0 N–H and O–H groups in total. The third kappa shape index (κ3) is 4.72. The number of carbonyl (C=O) groups excluding carboxylic acids is 1. The molecule has 4 heteroatoms. The average molecular weight is 1000 g/mol. The SMILES string of the molecule is CC(C)(C)c1cc2c3cc4c(cc3n3c5cc6c7cc(C89CC%10CC(CC(C%10)C8)C9)cc8c9c%10c(c(C#N)cc9n(c6cc5c(c1)c23)c78)C1c2ccccc2C%10c2ccccc21)C(=O)C1c2ccccc2C4c2ccccc21. The largest absolute Gasteiger partial charge is 0.308 e. The molecule has 0 spiro atoms. The van der Waals surface area contributed by atoms with Crippen LogP contribution in [0.25, 0.3) is 76.2 Å². The molecular weight excluding hydrogens is 947 g/mol. The second-order valence-corrected chi connectivity index (χ2v) is 26.7. The van der Waals surface area contributed by atoms with E-state index in [4.69, 9.17) is 0 Å². The quantitative estimate of drug-likeness (QED) is 0.165. The molecule has 13 aromatic rings. The summed E-state index contributed by atoms with van der Waals surface area (Å²) >= 11 is 0. The molecule has 370 valence electrons. The average Bonchev–Trinajstić information content (AvgIpc) is 4.33. The first kappa shape index (κ1) is 41.8. The van der Waals surface area contributed by atoms with Gasteiger partial charge in [0.2, 0.25) is 0 Å². The maximum atomic E-state index is 15.5. The van der Waals surface area contributed by atoms with Crippen LogP contribution >= 0.6 is 0 Å². The monoisotopic (exact) mass is 999 g/mol. The van der Waals surface area contributed by atoms with Crippen molar-refractivity contribution in [3.8, 4) is 6.07 Å². The van der Waals surface area contributed by atoms with E-state index in [-0.39, 0.29) is 40.3 Å². The van der Waals surface area contributed by atoms with Crippen LogP contribution < -0.4 is 0 Å². The van der Waals surface area contributed by atoms with Crippen molar-refractivity contribution in [2.75, 3.05) is 0 Å². The first-order valence-corrected chi connectivity index (χ1v) is 29.0. The molecule has 4 fully saturated rings. The van der Waals surface area contributed by atoms with Crippen molar-refractivity contribution in [1.29, 1.82) is 5.26 Å². The minimum absolute atomic E-state index is 0.00680. The van der Waals surface area contributed by atoms with Crippen molar-refractivity contribution >= 4 is 82.0 Å². The van der Waals surface area contributed by atoms with Crippen molar-refractivity contribution in [2.24, 2.45) is 17.8 Å². The molecule has 0 unspecified atom stereocenters. The molecule has 0 saturated heterocycles. The van der Waals surface area contributed by atoms with E-state index in [9.17, 15) is 5.26 Å². The highest BCUT2D eigenvalue weighted by molar-refractivity contribution is 6.30. The molecule has 10 aliphatic rings. The Morgan fingerprint density at radius 3 is 1.42 bits per heavy atom. The molecule has 4 saturated carbocycles. The summed E-state index contributed by atoms with van der Waals surface area (Å²) in [5, 5.41) is 21.7. The van der Waals surface area contributed by atoms with E-state index in [0.29, 0.717) is 0 Å². The van der Waals surface area contributed by atoms with Crippen LogP contribution in [0.1, 0.15) is 171 Å². The van der Waals surface area contributed by atoms with Crippen molar-refractivity contribution in [3.63, 3.8) is 0 Å². The highest BCUT2D eigenvalue weighted by Crippen LogP contribution is 2.64. The summed E-state index contributed by atoms with van der Waals surface area (Å²) in [5.41, 5.74) is 25.7. The number of benzene rings is 9. The minimum Gasteiger partial charge on any atom is -0.308 e. The number of aromatic nitrogens is 2. The van der Waals surface area contributed by atoms with Gasteiger partial charge in [0.15, 0.2) is 5.78 Å². The Hall–Kier alpha value is -8.26. The molecular formula is C74H53N3O. The van der Waals surface area contributed by atoms with Crippen LogP contribution in [0.15, 0.2) is 152 Å². The van der Waals surface area contributed by atoms with Crippen LogP contribution in [0.4, 0.5) is 0 Å². The van der Waals surface area contributed by atoms with Crippen LogP contribution in [-0.4, -0.2) is 14.6 Å². The molecule has 23 rings (SSSR count). The summed E-state index contributed by atoms with van der Waals surface area (Å²) in [6, 6.07) is 60.9. The minimum atomic E-state index is -0.339. The van der Waals surface area contributed by atoms with Crippen LogP contribution in [0, 0.1) is 29.1 Å². The first-order chi connectivity index (χ1) is 38.1. The van der Waals surface area contributed by atoms with Crippen molar-refractivity contribution in [2.45, 2.75) is 93.8 Å². The maximum absolute atomic E-state index is 15.5. The number of nitrogens with zero attached hydrogens (tertiary/aromatic N) is 3. The lowest BCUT2D eigenvalue weighted by Gasteiger charge is -2.57. The molecule has 0 amide bonds. The van der Waals surface area contributed by atoms with Gasteiger partial charge in [-0.1, -0.05) is 118 Å². The smallest absolute Gasteiger partial charge is 0.175 e. The van der Waals surface area contributed by atoms with Crippen molar-refractivity contribution in [3.05, 3.63) is 235 Å². The Morgan fingerprint density at radius 1 is 0.462 bits per heavy atom. The lowest BCUT2D eigenvalue weighted by atomic mass is 9.48. The predicted molar refractivity (Wildman–Crippen MR) is 314 cm³/mol. The van der Waals surface area contributed by atoms with Gasteiger partial charge in [-0.3, -0.25) is 4.79 Å². The number of rotatable bonds is 1. The van der Waals surface area contributed by atoms with Gasteiger partial charge in [0.1, 0.15) is 0 Å². The number of fused-ring (bicyclic) bond motifs is 12. The zero-order valence-electron chi connectivity index (χ0n) is 44.0. The summed E-state index contributed by atoms with van der Waals surface area (Å²) in [5.74, 6) is 2.31. The summed E-state index contributed by atoms with van der Waals surface area (Å²) in [7, 11) is 0. The number of ketones is 1.